The average Bonchev–Trinajstić information content (AvgIpc) is 2.10. The SMILES string of the molecule is C#CCOC(=O)NOC(=O)CC. The molecular weight excluding hydrogens is 162 g/mol. The first-order valence-electron chi connectivity index (χ1n) is 3.26. The Bertz CT molecular complexity index is 206. The fourth-order valence-electron chi connectivity index (χ4n) is 0.307. The van der Waals surface area contributed by atoms with E-state index in [0.717, 1.165) is 0 Å². The first-order chi connectivity index (χ1) is 5.70. The molecule has 0 aliphatic rings. The van der Waals surface area contributed by atoms with Gasteiger partial charge in [-0.3, -0.25) is 0 Å². The van der Waals surface area contributed by atoms with Crippen LogP contribution in [0.4, 0.5) is 4.79 Å². The summed E-state index contributed by atoms with van der Waals surface area (Å²) >= 11 is 0. The lowest BCUT2D eigenvalue weighted by Gasteiger charge is -2.02. The van der Waals surface area contributed by atoms with E-state index in [1.807, 2.05) is 0 Å². The molecule has 0 atom stereocenters. The molecule has 5 nitrogen and oxygen atoms in total. The van der Waals surface area contributed by atoms with Gasteiger partial charge in [0, 0.05) is 6.42 Å². The van der Waals surface area contributed by atoms with E-state index < -0.39 is 12.1 Å². The van der Waals surface area contributed by atoms with E-state index in [0.29, 0.717) is 0 Å². The maximum Gasteiger partial charge on any atom is 0.441 e. The van der Waals surface area contributed by atoms with Crippen LogP contribution >= 0.6 is 0 Å². The van der Waals surface area contributed by atoms with Crippen LogP contribution in [0.25, 0.3) is 0 Å². The minimum atomic E-state index is -0.880. The zero-order valence-corrected chi connectivity index (χ0v) is 6.62. The zero-order valence-electron chi connectivity index (χ0n) is 6.62. The van der Waals surface area contributed by atoms with Crippen molar-refractivity contribution in [1.82, 2.24) is 5.48 Å². The van der Waals surface area contributed by atoms with Gasteiger partial charge in [-0.1, -0.05) is 12.8 Å². The number of rotatable bonds is 2. The van der Waals surface area contributed by atoms with Gasteiger partial charge < -0.3 is 9.57 Å². The van der Waals surface area contributed by atoms with Gasteiger partial charge in [0.05, 0.1) is 0 Å². The summed E-state index contributed by atoms with van der Waals surface area (Å²) < 4.78 is 4.32. The number of hydroxylamine groups is 1. The van der Waals surface area contributed by atoms with Crippen molar-refractivity contribution in [3.05, 3.63) is 0 Å². The van der Waals surface area contributed by atoms with E-state index in [1.165, 1.54) is 0 Å². The monoisotopic (exact) mass is 171 g/mol. The number of nitrogens with one attached hydrogen (secondary N) is 1. The third-order valence-electron chi connectivity index (χ3n) is 0.823. The number of ether oxygens (including phenoxy) is 1. The molecule has 0 fully saturated rings. The van der Waals surface area contributed by atoms with E-state index in [9.17, 15) is 9.59 Å². The van der Waals surface area contributed by atoms with Gasteiger partial charge in [0.15, 0.2) is 6.61 Å². The summed E-state index contributed by atoms with van der Waals surface area (Å²) in [6.07, 6.45) is 4.09. The molecule has 0 aliphatic carbocycles. The van der Waals surface area contributed by atoms with E-state index in [2.05, 4.69) is 15.5 Å². The highest BCUT2D eigenvalue weighted by Gasteiger charge is 2.03. The van der Waals surface area contributed by atoms with Crippen molar-refractivity contribution in [2.75, 3.05) is 6.61 Å². The van der Waals surface area contributed by atoms with E-state index in [-0.39, 0.29) is 13.0 Å². The lowest BCUT2D eigenvalue weighted by Crippen LogP contribution is -2.27. The van der Waals surface area contributed by atoms with Crippen molar-refractivity contribution in [3.63, 3.8) is 0 Å². The maximum absolute atomic E-state index is 10.5. The molecule has 0 rings (SSSR count). The van der Waals surface area contributed by atoms with Crippen molar-refractivity contribution in [2.45, 2.75) is 13.3 Å². The summed E-state index contributed by atoms with van der Waals surface area (Å²) in [4.78, 5) is 25.2. The molecule has 5 heteroatoms. The molecular formula is C7H9NO4. The van der Waals surface area contributed by atoms with Crippen LogP contribution in [-0.2, 0) is 14.4 Å². The highest BCUT2D eigenvalue weighted by Crippen LogP contribution is 1.81. The molecule has 0 aromatic heterocycles. The van der Waals surface area contributed by atoms with Crippen LogP contribution in [-0.4, -0.2) is 18.7 Å². The molecule has 0 aliphatic heterocycles. The molecule has 1 N–H and O–H groups in total. The number of amides is 1. The largest absolute Gasteiger partial charge is 0.441 e. The standard InChI is InChI=1S/C7H9NO4/c1-3-5-11-7(10)8-12-6(9)4-2/h1H,4-5H2,2H3,(H,8,10). The van der Waals surface area contributed by atoms with Gasteiger partial charge in [-0.05, 0) is 0 Å². The summed E-state index contributed by atoms with van der Waals surface area (Å²) in [6.45, 7) is 1.44. The van der Waals surface area contributed by atoms with Crippen LogP contribution in [0.1, 0.15) is 13.3 Å². The Morgan fingerprint density at radius 2 is 2.25 bits per heavy atom. The van der Waals surface area contributed by atoms with Gasteiger partial charge >= 0.3 is 12.1 Å². The zero-order chi connectivity index (χ0) is 9.40. The lowest BCUT2D eigenvalue weighted by molar-refractivity contribution is -0.149. The van der Waals surface area contributed by atoms with Crippen LogP contribution in [0.5, 0.6) is 0 Å². The summed E-state index contributed by atoms with van der Waals surface area (Å²) in [6, 6.07) is 0. The highest BCUT2D eigenvalue weighted by molar-refractivity contribution is 5.72. The van der Waals surface area contributed by atoms with Gasteiger partial charge in [-0.25, -0.2) is 9.59 Å². The molecule has 0 saturated heterocycles. The first-order valence-corrected chi connectivity index (χ1v) is 3.26. The van der Waals surface area contributed by atoms with Crippen molar-refractivity contribution < 1.29 is 19.2 Å². The molecule has 0 aromatic rings. The minimum absolute atomic E-state index is 0.157. The fourth-order valence-corrected chi connectivity index (χ4v) is 0.307. The second-order valence-electron chi connectivity index (χ2n) is 1.71. The van der Waals surface area contributed by atoms with Crippen LogP contribution in [0.3, 0.4) is 0 Å². The second kappa shape index (κ2) is 6.04. The van der Waals surface area contributed by atoms with E-state index in [1.54, 1.807) is 12.4 Å². The smallest absolute Gasteiger partial charge is 0.434 e. The van der Waals surface area contributed by atoms with Crippen LogP contribution < -0.4 is 5.48 Å². The molecule has 0 heterocycles. The van der Waals surface area contributed by atoms with Crippen molar-refractivity contribution in [2.24, 2.45) is 0 Å². The number of terminal acetylenes is 1. The van der Waals surface area contributed by atoms with Gasteiger partial charge in [0.25, 0.3) is 0 Å². The topological polar surface area (TPSA) is 64.6 Å². The highest BCUT2D eigenvalue weighted by atomic mass is 16.7. The average molecular weight is 171 g/mol. The molecule has 0 radical (unpaired) electrons. The Hall–Kier alpha value is -1.70. The van der Waals surface area contributed by atoms with Crippen LogP contribution in [0.2, 0.25) is 0 Å². The third kappa shape index (κ3) is 5.11. The van der Waals surface area contributed by atoms with Crippen molar-refractivity contribution >= 4 is 12.1 Å². The Morgan fingerprint density at radius 3 is 2.75 bits per heavy atom. The third-order valence-corrected chi connectivity index (χ3v) is 0.823. The number of hydrogen-bond donors (Lipinski definition) is 1. The molecule has 66 valence electrons. The Labute approximate surface area is 70.0 Å². The molecule has 0 unspecified atom stereocenters. The lowest BCUT2D eigenvalue weighted by atomic mass is 10.5. The summed E-state index contributed by atoms with van der Waals surface area (Å²) in [5.74, 6) is 1.53. The quantitative estimate of drug-likeness (QED) is 0.476. The maximum atomic E-state index is 10.5. The normalized spacial score (nSPS) is 8.00. The molecule has 1 amide bonds. The molecule has 12 heavy (non-hydrogen) atoms. The minimum Gasteiger partial charge on any atom is -0.434 e. The summed E-state index contributed by atoms with van der Waals surface area (Å²) in [7, 11) is 0. The van der Waals surface area contributed by atoms with E-state index >= 15 is 0 Å². The molecule has 0 spiro atoms. The van der Waals surface area contributed by atoms with Gasteiger partial charge in [0.2, 0.25) is 0 Å². The molecule has 0 saturated carbocycles. The molecule has 0 aromatic carbocycles. The van der Waals surface area contributed by atoms with E-state index in [4.69, 9.17) is 6.42 Å². The number of carbonyl (C=O) groups excluding carboxylic acids is 2. The van der Waals surface area contributed by atoms with Gasteiger partial charge in [-0.15, -0.1) is 11.9 Å². The van der Waals surface area contributed by atoms with Crippen LogP contribution in [0.15, 0.2) is 0 Å². The Morgan fingerprint density at radius 1 is 1.58 bits per heavy atom. The predicted molar refractivity (Wildman–Crippen MR) is 39.7 cm³/mol. The van der Waals surface area contributed by atoms with Gasteiger partial charge in [0.1, 0.15) is 0 Å². The number of carbonyl (C=O) groups is 2. The van der Waals surface area contributed by atoms with Crippen molar-refractivity contribution in [1.29, 1.82) is 0 Å². The number of hydrogen-bond acceptors (Lipinski definition) is 4. The Balaban J connectivity index is 3.45. The Kier molecular flexibility index (Phi) is 5.18. The summed E-state index contributed by atoms with van der Waals surface area (Å²) in [5, 5.41) is 0. The van der Waals surface area contributed by atoms with Crippen molar-refractivity contribution in [3.8, 4) is 12.3 Å². The fraction of sp³-hybridized carbons (Fsp3) is 0.429. The van der Waals surface area contributed by atoms with Crippen LogP contribution in [0, 0.1) is 12.3 Å². The predicted octanol–water partition coefficient (Wildman–Crippen LogP) is 0.214. The second-order valence-corrected chi connectivity index (χ2v) is 1.71. The first kappa shape index (κ1) is 10.3. The summed E-state index contributed by atoms with van der Waals surface area (Å²) in [5.41, 5.74) is 1.76. The molecule has 0 bridgehead atoms. The van der Waals surface area contributed by atoms with Gasteiger partial charge in [-0.2, -0.15) is 0 Å².